The van der Waals surface area contributed by atoms with E-state index in [2.05, 4.69) is 24.9 Å². The molecule has 0 aromatic carbocycles. The van der Waals surface area contributed by atoms with Crippen molar-refractivity contribution >= 4 is 0 Å². The average molecular weight is 290 g/mol. The Hall–Kier alpha value is -1.09. The van der Waals surface area contributed by atoms with Gasteiger partial charge in [0.2, 0.25) is 0 Å². The van der Waals surface area contributed by atoms with Crippen LogP contribution >= 0.6 is 0 Å². The number of rotatable bonds is 5. The number of hydrogen-bond acceptors (Lipinski definition) is 3. The summed E-state index contributed by atoms with van der Waals surface area (Å²) < 4.78 is 5.80. The lowest BCUT2D eigenvalue weighted by Gasteiger charge is -2.37. The first-order chi connectivity index (χ1) is 10.0. The highest BCUT2D eigenvalue weighted by Gasteiger charge is 2.32. The van der Waals surface area contributed by atoms with E-state index in [-0.39, 0.29) is 6.10 Å². The van der Waals surface area contributed by atoms with Crippen molar-refractivity contribution in [2.24, 2.45) is 23.5 Å². The molecule has 3 atom stereocenters. The highest BCUT2D eigenvalue weighted by molar-refractivity contribution is 5.27. The van der Waals surface area contributed by atoms with Crippen molar-refractivity contribution in [3.63, 3.8) is 0 Å². The summed E-state index contributed by atoms with van der Waals surface area (Å²) in [4.78, 5) is 4.39. The highest BCUT2D eigenvalue weighted by atomic mass is 16.5. The van der Waals surface area contributed by atoms with Crippen LogP contribution in [0.2, 0.25) is 0 Å². The van der Waals surface area contributed by atoms with Crippen LogP contribution in [0.25, 0.3) is 0 Å². The second-order valence-corrected chi connectivity index (χ2v) is 7.04. The molecule has 21 heavy (non-hydrogen) atoms. The molecule has 1 saturated carbocycles. The van der Waals surface area contributed by atoms with Gasteiger partial charge in [0.1, 0.15) is 5.75 Å². The monoisotopic (exact) mass is 290 g/mol. The van der Waals surface area contributed by atoms with Crippen molar-refractivity contribution in [2.75, 3.05) is 6.54 Å². The van der Waals surface area contributed by atoms with Gasteiger partial charge in [0.15, 0.2) is 0 Å². The van der Waals surface area contributed by atoms with Crippen LogP contribution in [-0.4, -0.2) is 17.6 Å². The van der Waals surface area contributed by atoms with Crippen molar-refractivity contribution in [1.29, 1.82) is 0 Å². The predicted molar refractivity (Wildman–Crippen MR) is 87.5 cm³/mol. The van der Waals surface area contributed by atoms with E-state index in [4.69, 9.17) is 10.5 Å². The molecule has 118 valence electrons. The van der Waals surface area contributed by atoms with Crippen molar-refractivity contribution in [2.45, 2.75) is 59.0 Å². The molecule has 0 bridgehead atoms. The molecule has 0 aliphatic heterocycles. The van der Waals surface area contributed by atoms with Gasteiger partial charge in [-0.1, -0.05) is 13.8 Å². The molecule has 1 aliphatic carbocycles. The lowest BCUT2D eigenvalue weighted by Crippen LogP contribution is -2.30. The zero-order valence-electron chi connectivity index (χ0n) is 13.9. The summed E-state index contributed by atoms with van der Waals surface area (Å²) in [5, 5.41) is 0. The summed E-state index contributed by atoms with van der Waals surface area (Å²) >= 11 is 0. The molecule has 1 fully saturated rings. The van der Waals surface area contributed by atoms with E-state index in [1.165, 1.54) is 24.8 Å². The molecule has 0 amide bonds. The SMILES string of the molecule is CC(C)Oc1cncc(C2CC(C(C)C)CCC2CN)c1. The van der Waals surface area contributed by atoms with E-state index in [0.717, 1.165) is 24.1 Å². The fourth-order valence-corrected chi connectivity index (χ4v) is 3.54. The summed E-state index contributed by atoms with van der Waals surface area (Å²) in [6.45, 7) is 9.53. The van der Waals surface area contributed by atoms with Gasteiger partial charge in [0, 0.05) is 6.20 Å². The van der Waals surface area contributed by atoms with Crippen LogP contribution in [-0.2, 0) is 0 Å². The Morgan fingerprint density at radius 2 is 2.00 bits per heavy atom. The summed E-state index contributed by atoms with van der Waals surface area (Å²) in [6, 6.07) is 2.17. The van der Waals surface area contributed by atoms with Crippen molar-refractivity contribution in [3.05, 3.63) is 24.0 Å². The van der Waals surface area contributed by atoms with Gasteiger partial charge in [0.25, 0.3) is 0 Å². The lowest BCUT2D eigenvalue weighted by molar-refractivity contribution is 0.196. The van der Waals surface area contributed by atoms with Crippen molar-refractivity contribution < 1.29 is 4.74 Å². The van der Waals surface area contributed by atoms with Gasteiger partial charge in [-0.2, -0.15) is 0 Å². The number of ether oxygens (including phenoxy) is 1. The maximum Gasteiger partial charge on any atom is 0.138 e. The molecular weight excluding hydrogens is 260 g/mol. The van der Waals surface area contributed by atoms with Crippen LogP contribution in [0.4, 0.5) is 0 Å². The average Bonchev–Trinajstić information content (AvgIpc) is 2.46. The third-order valence-corrected chi connectivity index (χ3v) is 4.81. The molecule has 0 saturated heterocycles. The normalized spacial score (nSPS) is 26.3. The molecule has 2 rings (SSSR count). The first-order valence-electron chi connectivity index (χ1n) is 8.33. The van der Waals surface area contributed by atoms with Crippen LogP contribution in [0.1, 0.15) is 58.4 Å². The van der Waals surface area contributed by atoms with Crippen LogP contribution in [0.15, 0.2) is 18.5 Å². The second-order valence-electron chi connectivity index (χ2n) is 7.04. The van der Waals surface area contributed by atoms with Crippen LogP contribution < -0.4 is 10.5 Å². The minimum Gasteiger partial charge on any atom is -0.489 e. The number of nitrogens with zero attached hydrogens (tertiary/aromatic N) is 1. The first kappa shape index (κ1) is 16.3. The van der Waals surface area contributed by atoms with Gasteiger partial charge < -0.3 is 10.5 Å². The van der Waals surface area contributed by atoms with Gasteiger partial charge in [-0.15, -0.1) is 0 Å². The number of aromatic nitrogens is 1. The van der Waals surface area contributed by atoms with E-state index < -0.39 is 0 Å². The Kier molecular flexibility index (Phi) is 5.63. The maximum atomic E-state index is 6.02. The molecule has 3 nitrogen and oxygen atoms in total. The summed E-state index contributed by atoms with van der Waals surface area (Å²) in [6.07, 6.45) is 7.77. The Balaban J connectivity index is 2.19. The zero-order chi connectivity index (χ0) is 15.4. The molecule has 2 N–H and O–H groups in total. The summed E-state index contributed by atoms with van der Waals surface area (Å²) in [7, 11) is 0. The van der Waals surface area contributed by atoms with Gasteiger partial charge in [-0.25, -0.2) is 0 Å². The van der Waals surface area contributed by atoms with Gasteiger partial charge >= 0.3 is 0 Å². The Labute approximate surface area is 129 Å². The van der Waals surface area contributed by atoms with Crippen molar-refractivity contribution in [1.82, 2.24) is 4.98 Å². The third kappa shape index (κ3) is 4.19. The van der Waals surface area contributed by atoms with E-state index in [1.54, 1.807) is 0 Å². The smallest absolute Gasteiger partial charge is 0.138 e. The molecule has 1 heterocycles. The first-order valence-corrected chi connectivity index (χ1v) is 8.33. The molecule has 1 aliphatic rings. The molecule has 0 spiro atoms. The van der Waals surface area contributed by atoms with E-state index in [9.17, 15) is 0 Å². The van der Waals surface area contributed by atoms with Gasteiger partial charge in [0.05, 0.1) is 12.3 Å². The topological polar surface area (TPSA) is 48.1 Å². The van der Waals surface area contributed by atoms with Crippen LogP contribution in [0, 0.1) is 17.8 Å². The molecular formula is C18H30N2O. The second kappa shape index (κ2) is 7.26. The summed E-state index contributed by atoms with van der Waals surface area (Å²) in [5.74, 6) is 3.53. The molecule has 3 unspecified atom stereocenters. The van der Waals surface area contributed by atoms with Crippen LogP contribution in [0.3, 0.4) is 0 Å². The van der Waals surface area contributed by atoms with Gasteiger partial charge in [-0.05, 0) is 75.0 Å². The third-order valence-electron chi connectivity index (χ3n) is 4.81. The quantitative estimate of drug-likeness (QED) is 0.892. The molecule has 3 heteroatoms. The molecule has 0 radical (unpaired) electrons. The standard InChI is InChI=1S/C18H30N2O/c1-12(2)14-5-6-15(9-19)18(8-14)16-7-17(11-20-10-16)21-13(3)4/h7,10-15,18H,5-6,8-9,19H2,1-4H3. The molecule has 1 aromatic rings. The van der Waals surface area contributed by atoms with E-state index in [1.807, 2.05) is 26.2 Å². The fourth-order valence-electron chi connectivity index (χ4n) is 3.54. The minimum atomic E-state index is 0.183. The highest BCUT2D eigenvalue weighted by Crippen LogP contribution is 2.43. The largest absolute Gasteiger partial charge is 0.489 e. The lowest BCUT2D eigenvalue weighted by atomic mass is 9.68. The Morgan fingerprint density at radius 3 is 2.62 bits per heavy atom. The van der Waals surface area contributed by atoms with Crippen LogP contribution in [0.5, 0.6) is 5.75 Å². The summed E-state index contributed by atoms with van der Waals surface area (Å²) in [5.41, 5.74) is 7.32. The Morgan fingerprint density at radius 1 is 1.24 bits per heavy atom. The fraction of sp³-hybridized carbons (Fsp3) is 0.722. The number of hydrogen-bond donors (Lipinski definition) is 1. The maximum absolute atomic E-state index is 6.02. The minimum absolute atomic E-state index is 0.183. The predicted octanol–water partition coefficient (Wildman–Crippen LogP) is 3.98. The van der Waals surface area contributed by atoms with Crippen molar-refractivity contribution in [3.8, 4) is 5.75 Å². The number of pyridine rings is 1. The zero-order valence-corrected chi connectivity index (χ0v) is 13.9. The Bertz CT molecular complexity index is 445. The molecule has 1 aromatic heterocycles. The van der Waals surface area contributed by atoms with E-state index in [0.29, 0.717) is 11.8 Å². The van der Waals surface area contributed by atoms with E-state index >= 15 is 0 Å². The van der Waals surface area contributed by atoms with Gasteiger partial charge in [-0.3, -0.25) is 4.98 Å². The number of nitrogens with two attached hydrogens (primary N) is 1.